The van der Waals surface area contributed by atoms with Crippen LogP contribution in [0.4, 0.5) is 4.79 Å². The van der Waals surface area contributed by atoms with Crippen LogP contribution in [0.1, 0.15) is 36.9 Å². The Bertz CT molecular complexity index is 824. The highest BCUT2D eigenvalue weighted by atomic mass is 16.5. The van der Waals surface area contributed by atoms with Gasteiger partial charge in [0.2, 0.25) is 5.91 Å². The molecular weight excluding hydrogens is 404 g/mol. The first-order valence-corrected chi connectivity index (χ1v) is 11.4. The van der Waals surface area contributed by atoms with Gasteiger partial charge >= 0.3 is 6.09 Å². The SMILES string of the molecule is CN(C(=O)CCCNC(=O)OCc1ccccc1)C1CCN(CCc2ccccn2)CC1. The molecule has 1 saturated heterocycles. The average Bonchev–Trinajstić information content (AvgIpc) is 2.85. The summed E-state index contributed by atoms with van der Waals surface area (Å²) in [6.07, 6.45) is 5.37. The summed E-state index contributed by atoms with van der Waals surface area (Å²) in [5.74, 6) is 0.136. The molecule has 172 valence electrons. The van der Waals surface area contributed by atoms with E-state index in [9.17, 15) is 9.59 Å². The molecule has 1 aromatic heterocycles. The summed E-state index contributed by atoms with van der Waals surface area (Å²) in [5, 5.41) is 2.72. The summed E-state index contributed by atoms with van der Waals surface area (Å²) >= 11 is 0. The number of aromatic nitrogens is 1. The first kappa shape index (κ1) is 23.7. The Morgan fingerprint density at radius 3 is 2.59 bits per heavy atom. The predicted molar refractivity (Wildman–Crippen MR) is 124 cm³/mol. The molecule has 7 heteroatoms. The highest BCUT2D eigenvalue weighted by Crippen LogP contribution is 2.17. The number of likely N-dealkylation sites (tertiary alicyclic amines) is 1. The minimum absolute atomic E-state index is 0.136. The Morgan fingerprint density at radius 2 is 1.88 bits per heavy atom. The molecule has 0 spiro atoms. The van der Waals surface area contributed by atoms with Crippen LogP contribution in [0.15, 0.2) is 54.7 Å². The minimum atomic E-state index is -0.451. The molecule has 2 heterocycles. The summed E-state index contributed by atoms with van der Waals surface area (Å²) in [4.78, 5) is 33.1. The zero-order valence-corrected chi connectivity index (χ0v) is 18.9. The van der Waals surface area contributed by atoms with Crippen molar-refractivity contribution < 1.29 is 14.3 Å². The summed E-state index contributed by atoms with van der Waals surface area (Å²) in [7, 11) is 1.90. The van der Waals surface area contributed by atoms with Crippen LogP contribution in [0.3, 0.4) is 0 Å². The molecule has 1 aromatic carbocycles. The highest BCUT2D eigenvalue weighted by molar-refractivity contribution is 5.76. The maximum absolute atomic E-state index is 12.6. The molecule has 1 aliphatic rings. The molecule has 0 bridgehead atoms. The van der Waals surface area contributed by atoms with Crippen molar-refractivity contribution in [1.82, 2.24) is 20.1 Å². The number of benzene rings is 1. The number of hydrogen-bond donors (Lipinski definition) is 1. The van der Waals surface area contributed by atoms with Crippen molar-refractivity contribution in [2.75, 3.05) is 33.2 Å². The molecule has 2 amide bonds. The lowest BCUT2D eigenvalue weighted by molar-refractivity contribution is -0.132. The van der Waals surface area contributed by atoms with Crippen molar-refractivity contribution >= 4 is 12.0 Å². The number of carbonyl (C=O) groups excluding carboxylic acids is 2. The summed E-state index contributed by atoms with van der Waals surface area (Å²) in [6, 6.07) is 15.9. The Labute approximate surface area is 190 Å². The van der Waals surface area contributed by atoms with E-state index in [1.54, 1.807) is 0 Å². The normalized spacial score (nSPS) is 14.7. The topological polar surface area (TPSA) is 74.8 Å². The maximum Gasteiger partial charge on any atom is 0.407 e. The van der Waals surface area contributed by atoms with Gasteiger partial charge < -0.3 is 19.9 Å². The van der Waals surface area contributed by atoms with Gasteiger partial charge in [0, 0.05) is 64.0 Å². The van der Waals surface area contributed by atoms with Gasteiger partial charge in [-0.15, -0.1) is 0 Å². The molecule has 1 fully saturated rings. The van der Waals surface area contributed by atoms with Crippen molar-refractivity contribution in [2.24, 2.45) is 0 Å². The van der Waals surface area contributed by atoms with Crippen LogP contribution in [-0.4, -0.2) is 66.1 Å². The molecule has 1 aliphatic heterocycles. The molecule has 0 radical (unpaired) electrons. The zero-order valence-electron chi connectivity index (χ0n) is 18.9. The molecule has 2 aromatic rings. The highest BCUT2D eigenvalue weighted by Gasteiger charge is 2.25. The number of nitrogens with zero attached hydrogens (tertiary/aromatic N) is 3. The number of pyridine rings is 1. The van der Waals surface area contributed by atoms with E-state index in [-0.39, 0.29) is 18.6 Å². The third-order valence-corrected chi connectivity index (χ3v) is 5.96. The van der Waals surface area contributed by atoms with Gasteiger partial charge in [0.05, 0.1) is 0 Å². The van der Waals surface area contributed by atoms with Crippen LogP contribution in [0.25, 0.3) is 0 Å². The molecule has 0 saturated carbocycles. The average molecular weight is 439 g/mol. The quantitative estimate of drug-likeness (QED) is 0.577. The number of alkyl carbamates (subject to hydrolysis) is 1. The minimum Gasteiger partial charge on any atom is -0.445 e. The van der Waals surface area contributed by atoms with Crippen LogP contribution >= 0.6 is 0 Å². The van der Waals surface area contributed by atoms with E-state index in [4.69, 9.17) is 4.74 Å². The van der Waals surface area contributed by atoms with Gasteiger partial charge in [0.15, 0.2) is 0 Å². The molecular formula is C25H34N4O3. The Balaban J connectivity index is 1.26. The fourth-order valence-electron chi connectivity index (χ4n) is 3.93. The molecule has 7 nitrogen and oxygen atoms in total. The largest absolute Gasteiger partial charge is 0.445 e. The second-order valence-corrected chi connectivity index (χ2v) is 8.24. The van der Waals surface area contributed by atoms with Crippen molar-refractivity contribution in [3.05, 3.63) is 66.0 Å². The Hall–Kier alpha value is -2.93. The van der Waals surface area contributed by atoms with E-state index < -0.39 is 6.09 Å². The number of hydrogen-bond acceptors (Lipinski definition) is 5. The van der Waals surface area contributed by atoms with Crippen LogP contribution in [0, 0.1) is 0 Å². The van der Waals surface area contributed by atoms with Gasteiger partial charge in [0.25, 0.3) is 0 Å². The van der Waals surface area contributed by atoms with Crippen LogP contribution in [0.5, 0.6) is 0 Å². The number of ether oxygens (including phenoxy) is 1. The molecule has 3 rings (SSSR count). The van der Waals surface area contributed by atoms with Crippen molar-refractivity contribution in [3.8, 4) is 0 Å². The van der Waals surface area contributed by atoms with Crippen molar-refractivity contribution in [2.45, 2.75) is 44.8 Å². The monoisotopic (exact) mass is 438 g/mol. The molecule has 0 atom stereocenters. The van der Waals surface area contributed by atoms with Gasteiger partial charge in [-0.3, -0.25) is 9.78 Å². The number of piperidine rings is 1. The standard InChI is InChI=1S/C25H34N4O3/c1-28(23-13-18-29(19-14-23)17-12-22-10-5-6-15-26-22)24(30)11-7-16-27-25(31)32-20-21-8-3-2-4-9-21/h2-6,8-10,15,23H,7,11-14,16-20H2,1H3,(H,27,31). The summed E-state index contributed by atoms with van der Waals surface area (Å²) in [6.45, 7) is 3.69. The van der Waals surface area contributed by atoms with Crippen molar-refractivity contribution in [3.63, 3.8) is 0 Å². The smallest absolute Gasteiger partial charge is 0.407 e. The zero-order chi connectivity index (χ0) is 22.6. The lowest BCUT2D eigenvalue weighted by Crippen LogP contribution is -2.46. The fourth-order valence-corrected chi connectivity index (χ4v) is 3.93. The fraction of sp³-hybridized carbons (Fsp3) is 0.480. The van der Waals surface area contributed by atoms with E-state index >= 15 is 0 Å². The number of nitrogens with one attached hydrogen (secondary N) is 1. The first-order valence-electron chi connectivity index (χ1n) is 11.4. The lowest BCUT2D eigenvalue weighted by atomic mass is 10.0. The van der Waals surface area contributed by atoms with Gasteiger partial charge in [-0.1, -0.05) is 36.4 Å². The van der Waals surface area contributed by atoms with Gasteiger partial charge in [0.1, 0.15) is 6.61 Å². The summed E-state index contributed by atoms with van der Waals surface area (Å²) < 4.78 is 5.18. The molecule has 0 aliphatic carbocycles. The van der Waals surface area contributed by atoms with E-state index in [2.05, 4.69) is 21.3 Å². The van der Waals surface area contributed by atoms with Gasteiger partial charge in [-0.05, 0) is 37.0 Å². The number of carbonyl (C=O) groups is 2. The van der Waals surface area contributed by atoms with E-state index in [1.807, 2.05) is 60.6 Å². The maximum atomic E-state index is 12.6. The second-order valence-electron chi connectivity index (χ2n) is 8.24. The predicted octanol–water partition coefficient (Wildman–Crippen LogP) is 3.25. The van der Waals surface area contributed by atoms with Gasteiger partial charge in [-0.2, -0.15) is 0 Å². The second kappa shape index (κ2) is 12.8. The van der Waals surface area contributed by atoms with E-state index in [0.717, 1.165) is 50.2 Å². The molecule has 32 heavy (non-hydrogen) atoms. The van der Waals surface area contributed by atoms with Crippen molar-refractivity contribution in [1.29, 1.82) is 0 Å². The Kier molecular flexibility index (Phi) is 9.50. The number of rotatable bonds is 10. The first-order chi connectivity index (χ1) is 15.6. The Morgan fingerprint density at radius 1 is 1.12 bits per heavy atom. The van der Waals surface area contributed by atoms with E-state index in [0.29, 0.717) is 19.4 Å². The van der Waals surface area contributed by atoms with Crippen LogP contribution in [0.2, 0.25) is 0 Å². The third kappa shape index (κ3) is 7.96. The number of amides is 2. The van der Waals surface area contributed by atoms with Gasteiger partial charge in [-0.25, -0.2) is 4.79 Å². The lowest BCUT2D eigenvalue weighted by Gasteiger charge is -2.36. The van der Waals surface area contributed by atoms with Crippen LogP contribution < -0.4 is 5.32 Å². The molecule has 0 unspecified atom stereocenters. The molecule has 1 N–H and O–H groups in total. The third-order valence-electron chi connectivity index (χ3n) is 5.96. The summed E-state index contributed by atoms with van der Waals surface area (Å²) in [5.41, 5.74) is 2.07. The van der Waals surface area contributed by atoms with Crippen LogP contribution in [-0.2, 0) is 22.6 Å². The van der Waals surface area contributed by atoms with E-state index in [1.165, 1.54) is 0 Å².